The Balaban J connectivity index is 1.56. The number of aryl methyl sites for hydroxylation is 1. The van der Waals surface area contributed by atoms with Crippen molar-refractivity contribution in [2.75, 3.05) is 19.5 Å². The van der Waals surface area contributed by atoms with Crippen LogP contribution in [-0.2, 0) is 17.6 Å². The summed E-state index contributed by atoms with van der Waals surface area (Å²) in [5, 5.41) is 3.83. The van der Waals surface area contributed by atoms with Crippen LogP contribution in [0.25, 0.3) is 10.9 Å². The van der Waals surface area contributed by atoms with Gasteiger partial charge in [0.15, 0.2) is 0 Å². The molecule has 1 aromatic heterocycles. The molecule has 0 fully saturated rings. The lowest BCUT2D eigenvalue weighted by molar-refractivity contribution is -0.120. The Morgan fingerprint density at radius 1 is 1.19 bits per heavy atom. The average molecular weight is 368 g/mol. The summed E-state index contributed by atoms with van der Waals surface area (Å²) in [5.74, 6) is 0.710. The second-order valence-electron chi connectivity index (χ2n) is 6.77. The van der Waals surface area contributed by atoms with E-state index in [9.17, 15) is 9.18 Å². The number of anilines is 1. The molecule has 0 saturated carbocycles. The van der Waals surface area contributed by atoms with Crippen LogP contribution >= 0.6 is 0 Å². The van der Waals surface area contributed by atoms with Crippen LogP contribution in [-0.4, -0.2) is 25.1 Å². The molecule has 1 heterocycles. The summed E-state index contributed by atoms with van der Waals surface area (Å²) in [6.07, 6.45) is 2.10. The Morgan fingerprint density at radius 2 is 2.04 bits per heavy atom. The fourth-order valence-electron chi connectivity index (χ4n) is 3.75. The summed E-state index contributed by atoms with van der Waals surface area (Å²) in [6.45, 7) is 0. The van der Waals surface area contributed by atoms with Gasteiger partial charge in [-0.2, -0.15) is 0 Å². The van der Waals surface area contributed by atoms with Crippen molar-refractivity contribution in [3.63, 3.8) is 0 Å². The number of hydrogen-bond donors (Lipinski definition) is 2. The van der Waals surface area contributed by atoms with Crippen molar-refractivity contribution in [2.45, 2.75) is 19.3 Å². The molecule has 1 amide bonds. The smallest absolute Gasteiger partial charge is 0.227 e. The SMILES string of the molecule is COc1ccc(NC(=O)C2CCc3[nH]c4ccc(F)cc4c3C2)c(OC)c1. The standard InChI is InChI=1S/C21H21FN2O3/c1-26-14-5-8-19(20(11-14)27-2)24-21(25)12-3-6-17-15(9-12)16-10-13(22)4-7-18(16)23-17/h4-5,7-8,10-12,23H,3,6,9H2,1-2H3,(H,24,25). The quantitative estimate of drug-likeness (QED) is 0.730. The van der Waals surface area contributed by atoms with Crippen LogP contribution in [0.3, 0.4) is 0 Å². The van der Waals surface area contributed by atoms with Crippen LogP contribution in [0.4, 0.5) is 10.1 Å². The van der Waals surface area contributed by atoms with Crippen LogP contribution in [0.5, 0.6) is 11.5 Å². The number of H-pyrrole nitrogens is 1. The zero-order valence-corrected chi connectivity index (χ0v) is 15.3. The normalized spacial score (nSPS) is 16.0. The summed E-state index contributed by atoms with van der Waals surface area (Å²) < 4.78 is 24.2. The maximum Gasteiger partial charge on any atom is 0.227 e. The zero-order chi connectivity index (χ0) is 19.0. The predicted octanol–water partition coefficient (Wildman–Crippen LogP) is 4.07. The van der Waals surface area contributed by atoms with E-state index in [0.29, 0.717) is 23.6 Å². The summed E-state index contributed by atoms with van der Waals surface area (Å²) in [6, 6.07) is 10.0. The van der Waals surface area contributed by atoms with Crippen molar-refractivity contribution in [3.8, 4) is 11.5 Å². The molecular weight excluding hydrogens is 347 g/mol. The van der Waals surface area contributed by atoms with Gasteiger partial charge < -0.3 is 19.8 Å². The highest BCUT2D eigenvalue weighted by Gasteiger charge is 2.28. The number of rotatable bonds is 4. The number of ether oxygens (including phenoxy) is 2. The summed E-state index contributed by atoms with van der Waals surface area (Å²) in [7, 11) is 3.13. The summed E-state index contributed by atoms with van der Waals surface area (Å²) >= 11 is 0. The number of aromatic nitrogens is 1. The number of amides is 1. The second-order valence-corrected chi connectivity index (χ2v) is 6.77. The molecule has 0 aliphatic heterocycles. The molecule has 1 aliphatic carbocycles. The number of aromatic amines is 1. The van der Waals surface area contributed by atoms with Gasteiger partial charge >= 0.3 is 0 Å². The third-order valence-corrected chi connectivity index (χ3v) is 5.19. The van der Waals surface area contributed by atoms with Crippen LogP contribution < -0.4 is 14.8 Å². The Kier molecular flexibility index (Phi) is 4.48. The first-order valence-corrected chi connectivity index (χ1v) is 8.91. The van der Waals surface area contributed by atoms with Gasteiger partial charge in [-0.05, 0) is 55.2 Å². The molecule has 6 heteroatoms. The third-order valence-electron chi connectivity index (χ3n) is 5.19. The molecule has 0 saturated heterocycles. The molecule has 0 bridgehead atoms. The molecular formula is C21H21FN2O3. The van der Waals surface area contributed by atoms with Gasteiger partial charge in [0.05, 0.1) is 19.9 Å². The van der Waals surface area contributed by atoms with Crippen LogP contribution in [0, 0.1) is 11.7 Å². The van der Waals surface area contributed by atoms with Gasteiger partial charge in [-0.15, -0.1) is 0 Å². The number of fused-ring (bicyclic) bond motifs is 3. The first kappa shape index (κ1) is 17.4. The molecule has 2 aromatic carbocycles. The number of methoxy groups -OCH3 is 2. The lowest BCUT2D eigenvalue weighted by Crippen LogP contribution is -2.28. The average Bonchev–Trinajstić information content (AvgIpc) is 3.05. The van der Waals surface area contributed by atoms with Crippen LogP contribution in [0.1, 0.15) is 17.7 Å². The summed E-state index contributed by atoms with van der Waals surface area (Å²) in [4.78, 5) is 16.2. The molecule has 2 N–H and O–H groups in total. The minimum Gasteiger partial charge on any atom is -0.497 e. The molecule has 0 spiro atoms. The molecule has 0 radical (unpaired) electrons. The molecule has 5 nitrogen and oxygen atoms in total. The lowest BCUT2D eigenvalue weighted by atomic mass is 9.85. The van der Waals surface area contributed by atoms with E-state index in [1.54, 1.807) is 38.5 Å². The van der Waals surface area contributed by atoms with E-state index in [4.69, 9.17) is 9.47 Å². The van der Waals surface area contributed by atoms with Gasteiger partial charge in [-0.1, -0.05) is 0 Å². The molecule has 1 aliphatic rings. The minimum atomic E-state index is -0.265. The first-order chi connectivity index (χ1) is 13.1. The van der Waals surface area contributed by atoms with Gasteiger partial charge in [0.1, 0.15) is 17.3 Å². The number of halogens is 1. The number of carbonyl (C=O) groups is 1. The van der Waals surface area contributed by atoms with E-state index in [1.807, 2.05) is 0 Å². The minimum absolute atomic E-state index is 0.0603. The van der Waals surface area contributed by atoms with Gasteiger partial charge in [0.2, 0.25) is 5.91 Å². The Morgan fingerprint density at radius 3 is 2.81 bits per heavy atom. The molecule has 27 heavy (non-hydrogen) atoms. The molecule has 1 unspecified atom stereocenters. The monoisotopic (exact) mass is 368 g/mol. The van der Waals surface area contributed by atoms with Crippen LogP contribution in [0.15, 0.2) is 36.4 Å². The van der Waals surface area contributed by atoms with Crippen molar-refractivity contribution in [2.24, 2.45) is 5.92 Å². The maximum absolute atomic E-state index is 13.7. The summed E-state index contributed by atoms with van der Waals surface area (Å²) in [5.41, 5.74) is 3.66. The molecule has 3 aromatic rings. The van der Waals surface area contributed by atoms with Gasteiger partial charge in [0, 0.05) is 28.6 Å². The van der Waals surface area contributed by atoms with Crippen molar-refractivity contribution in [1.82, 2.24) is 4.98 Å². The Hall–Kier alpha value is -3.02. The fraction of sp³-hybridized carbons (Fsp3) is 0.286. The van der Waals surface area contributed by atoms with Crippen molar-refractivity contribution >= 4 is 22.5 Å². The first-order valence-electron chi connectivity index (χ1n) is 8.91. The third kappa shape index (κ3) is 3.23. The van der Waals surface area contributed by atoms with E-state index < -0.39 is 0 Å². The molecule has 1 atom stereocenters. The van der Waals surface area contributed by atoms with Gasteiger partial charge in [-0.25, -0.2) is 4.39 Å². The van der Waals surface area contributed by atoms with Crippen molar-refractivity contribution in [1.29, 1.82) is 0 Å². The van der Waals surface area contributed by atoms with Crippen molar-refractivity contribution < 1.29 is 18.7 Å². The van der Waals surface area contributed by atoms with E-state index in [2.05, 4.69) is 10.3 Å². The highest BCUT2D eigenvalue weighted by molar-refractivity contribution is 5.95. The highest BCUT2D eigenvalue weighted by atomic mass is 19.1. The number of carbonyl (C=O) groups excluding carboxylic acids is 1. The topological polar surface area (TPSA) is 63.3 Å². The zero-order valence-electron chi connectivity index (χ0n) is 15.3. The number of benzene rings is 2. The second kappa shape index (κ2) is 6.95. The maximum atomic E-state index is 13.7. The van der Waals surface area contributed by atoms with Crippen LogP contribution in [0.2, 0.25) is 0 Å². The van der Waals surface area contributed by atoms with Gasteiger partial charge in [0.25, 0.3) is 0 Å². The van der Waals surface area contributed by atoms with E-state index in [0.717, 1.165) is 35.0 Å². The Labute approximate surface area is 156 Å². The highest BCUT2D eigenvalue weighted by Crippen LogP contribution is 2.34. The number of hydrogen-bond acceptors (Lipinski definition) is 3. The predicted molar refractivity (Wildman–Crippen MR) is 102 cm³/mol. The van der Waals surface area contributed by atoms with E-state index >= 15 is 0 Å². The molecule has 140 valence electrons. The lowest BCUT2D eigenvalue weighted by Gasteiger charge is -2.22. The van der Waals surface area contributed by atoms with E-state index in [-0.39, 0.29) is 17.6 Å². The van der Waals surface area contributed by atoms with E-state index in [1.165, 1.54) is 12.1 Å². The van der Waals surface area contributed by atoms with Gasteiger partial charge in [-0.3, -0.25) is 4.79 Å². The molecule has 4 rings (SSSR count). The largest absolute Gasteiger partial charge is 0.497 e. The Bertz CT molecular complexity index is 1010. The fourth-order valence-corrected chi connectivity index (χ4v) is 3.75. The van der Waals surface area contributed by atoms with Crippen molar-refractivity contribution in [3.05, 3.63) is 53.5 Å². The number of nitrogens with one attached hydrogen (secondary N) is 2.